The van der Waals surface area contributed by atoms with Gasteiger partial charge in [-0.1, -0.05) is 0 Å². The number of nitrogens with one attached hydrogen (secondary N) is 4. The molecule has 0 aromatic rings. The Kier molecular flexibility index (Phi) is 11.1. The summed E-state index contributed by atoms with van der Waals surface area (Å²) in [5, 5.41) is 28.6. The van der Waals surface area contributed by atoms with E-state index in [0.717, 1.165) is 6.42 Å². The number of rotatable bonds is 13. The molecule has 0 aliphatic carbocycles. The van der Waals surface area contributed by atoms with Gasteiger partial charge in [0.05, 0.1) is 19.1 Å². The van der Waals surface area contributed by atoms with Gasteiger partial charge in [-0.2, -0.15) is 11.8 Å². The number of nitrogens with two attached hydrogens (primary N) is 1. The number of carbonyl (C=O) groups is 5. The number of primary amides is 1. The molecular weight excluding hydrogens is 418 g/mol. The van der Waals surface area contributed by atoms with Crippen molar-refractivity contribution in [1.29, 1.82) is 0 Å². The second kappa shape index (κ2) is 13.0. The standard InChI is InChI=1S/C17H29N5O7S/c1-30-6-4-10(17(28)29)20-15(26)11(7-13(18)24)21-16(27)12(8-23)22-14(25)9-3-2-5-19-9/h9-12,19,23H,2-8H2,1H3,(H2,18,24)(H,20,26)(H,21,27)(H,22,25)(H,28,29). The zero-order valence-electron chi connectivity index (χ0n) is 16.7. The Hall–Kier alpha value is -2.38. The molecule has 1 aliphatic heterocycles. The number of aliphatic hydroxyl groups is 1. The van der Waals surface area contributed by atoms with Gasteiger partial charge in [-0.15, -0.1) is 0 Å². The molecule has 1 aliphatic rings. The van der Waals surface area contributed by atoms with E-state index < -0.39 is 66.8 Å². The van der Waals surface area contributed by atoms with E-state index in [9.17, 15) is 34.2 Å². The van der Waals surface area contributed by atoms with Gasteiger partial charge < -0.3 is 37.2 Å². The van der Waals surface area contributed by atoms with E-state index in [1.807, 2.05) is 0 Å². The van der Waals surface area contributed by atoms with Crippen LogP contribution in [0.3, 0.4) is 0 Å². The largest absolute Gasteiger partial charge is 0.480 e. The minimum atomic E-state index is -1.46. The van der Waals surface area contributed by atoms with Gasteiger partial charge in [-0.3, -0.25) is 19.2 Å². The summed E-state index contributed by atoms with van der Waals surface area (Å²) in [5.41, 5.74) is 5.13. The van der Waals surface area contributed by atoms with Crippen LogP contribution in [0.2, 0.25) is 0 Å². The average molecular weight is 448 g/mol. The van der Waals surface area contributed by atoms with Crippen molar-refractivity contribution >= 4 is 41.4 Å². The minimum Gasteiger partial charge on any atom is -0.480 e. The van der Waals surface area contributed by atoms with Crippen LogP contribution < -0.4 is 27.0 Å². The van der Waals surface area contributed by atoms with Crippen LogP contribution in [-0.2, 0) is 24.0 Å². The molecule has 13 heteroatoms. The van der Waals surface area contributed by atoms with Crippen molar-refractivity contribution in [3.8, 4) is 0 Å². The van der Waals surface area contributed by atoms with Gasteiger partial charge in [0, 0.05) is 0 Å². The first-order valence-corrected chi connectivity index (χ1v) is 10.8. The predicted octanol–water partition coefficient (Wildman–Crippen LogP) is -3.10. The molecule has 4 amide bonds. The number of thioether (sulfide) groups is 1. The van der Waals surface area contributed by atoms with Gasteiger partial charge in [0.25, 0.3) is 0 Å². The van der Waals surface area contributed by atoms with Gasteiger partial charge >= 0.3 is 5.97 Å². The molecule has 1 fully saturated rings. The Balaban J connectivity index is 2.78. The highest BCUT2D eigenvalue weighted by atomic mass is 32.2. The number of carbonyl (C=O) groups excluding carboxylic acids is 4. The lowest BCUT2D eigenvalue weighted by Crippen LogP contribution is -2.58. The molecule has 170 valence electrons. The van der Waals surface area contributed by atoms with E-state index in [1.165, 1.54) is 11.8 Å². The van der Waals surface area contributed by atoms with Crippen LogP contribution >= 0.6 is 11.8 Å². The van der Waals surface area contributed by atoms with E-state index >= 15 is 0 Å². The molecule has 12 nitrogen and oxygen atoms in total. The number of hydrogen-bond donors (Lipinski definition) is 7. The molecule has 1 rings (SSSR count). The van der Waals surface area contributed by atoms with Crippen LogP contribution in [0.5, 0.6) is 0 Å². The highest BCUT2D eigenvalue weighted by Crippen LogP contribution is 2.06. The molecule has 1 saturated heterocycles. The Morgan fingerprint density at radius 2 is 1.73 bits per heavy atom. The number of aliphatic hydroxyl groups excluding tert-OH is 1. The molecule has 4 unspecified atom stereocenters. The summed E-state index contributed by atoms with van der Waals surface area (Å²) in [7, 11) is 0. The third-order valence-corrected chi connectivity index (χ3v) is 5.10. The molecule has 0 spiro atoms. The maximum atomic E-state index is 12.5. The second-order valence-electron chi connectivity index (χ2n) is 6.81. The first kappa shape index (κ1) is 25.7. The third-order valence-electron chi connectivity index (χ3n) is 4.46. The van der Waals surface area contributed by atoms with Crippen LogP contribution in [0.25, 0.3) is 0 Å². The number of amides is 4. The van der Waals surface area contributed by atoms with Crippen LogP contribution in [0.1, 0.15) is 25.7 Å². The first-order chi connectivity index (χ1) is 14.2. The lowest BCUT2D eigenvalue weighted by molar-refractivity contribution is -0.142. The van der Waals surface area contributed by atoms with Gasteiger partial charge in [0.2, 0.25) is 23.6 Å². The van der Waals surface area contributed by atoms with Crippen LogP contribution in [0.4, 0.5) is 0 Å². The molecular formula is C17H29N5O7S. The number of carboxylic acids is 1. The summed E-state index contributed by atoms with van der Waals surface area (Å²) >= 11 is 1.40. The van der Waals surface area contributed by atoms with E-state index in [-0.39, 0.29) is 6.42 Å². The monoisotopic (exact) mass is 447 g/mol. The SMILES string of the molecule is CSCCC(NC(=O)C(CC(N)=O)NC(=O)C(CO)NC(=O)C1CCCN1)C(=O)O. The van der Waals surface area contributed by atoms with E-state index in [4.69, 9.17) is 5.73 Å². The zero-order valence-corrected chi connectivity index (χ0v) is 17.5. The molecule has 0 aromatic carbocycles. The summed E-state index contributed by atoms with van der Waals surface area (Å²) < 4.78 is 0. The van der Waals surface area contributed by atoms with Crippen molar-refractivity contribution in [2.45, 2.75) is 49.9 Å². The van der Waals surface area contributed by atoms with Crippen molar-refractivity contribution in [2.75, 3.05) is 25.2 Å². The molecule has 1 heterocycles. The highest BCUT2D eigenvalue weighted by molar-refractivity contribution is 7.98. The fraction of sp³-hybridized carbons (Fsp3) is 0.706. The van der Waals surface area contributed by atoms with Gasteiger partial charge in [0.15, 0.2) is 0 Å². The fourth-order valence-corrected chi connectivity index (χ4v) is 3.29. The summed E-state index contributed by atoms with van der Waals surface area (Å²) in [6.07, 6.45) is 2.73. The highest BCUT2D eigenvalue weighted by Gasteiger charge is 2.31. The molecule has 4 atom stereocenters. The normalized spacial score (nSPS) is 18.7. The Morgan fingerprint density at radius 1 is 1.10 bits per heavy atom. The Bertz CT molecular complexity index is 642. The Labute approximate surface area is 178 Å². The summed E-state index contributed by atoms with van der Waals surface area (Å²) in [6.45, 7) is -0.0725. The van der Waals surface area contributed by atoms with E-state index in [1.54, 1.807) is 6.26 Å². The van der Waals surface area contributed by atoms with Gasteiger partial charge in [-0.05, 0) is 37.8 Å². The van der Waals surface area contributed by atoms with Gasteiger partial charge in [0.1, 0.15) is 18.1 Å². The van der Waals surface area contributed by atoms with Crippen molar-refractivity contribution < 1.29 is 34.2 Å². The topological polar surface area (TPSA) is 200 Å². The molecule has 0 saturated carbocycles. The van der Waals surface area contributed by atoms with Crippen LogP contribution in [0.15, 0.2) is 0 Å². The van der Waals surface area contributed by atoms with Crippen molar-refractivity contribution in [1.82, 2.24) is 21.3 Å². The maximum absolute atomic E-state index is 12.5. The maximum Gasteiger partial charge on any atom is 0.326 e. The van der Waals surface area contributed by atoms with E-state index in [2.05, 4.69) is 21.3 Å². The number of hydrogen-bond acceptors (Lipinski definition) is 8. The van der Waals surface area contributed by atoms with Crippen LogP contribution in [-0.4, -0.2) is 89.1 Å². The second-order valence-corrected chi connectivity index (χ2v) is 7.79. The van der Waals surface area contributed by atoms with Crippen LogP contribution in [0, 0.1) is 0 Å². The Morgan fingerprint density at radius 3 is 2.23 bits per heavy atom. The summed E-state index contributed by atoms with van der Waals surface area (Å²) in [5.74, 6) is -3.96. The third kappa shape index (κ3) is 8.55. The van der Waals surface area contributed by atoms with Gasteiger partial charge in [-0.25, -0.2) is 4.79 Å². The lowest BCUT2D eigenvalue weighted by atomic mass is 10.1. The zero-order chi connectivity index (χ0) is 22.7. The minimum absolute atomic E-state index is 0.142. The van der Waals surface area contributed by atoms with Crippen molar-refractivity contribution in [3.63, 3.8) is 0 Å². The summed E-state index contributed by atoms with van der Waals surface area (Å²) in [6, 6.07) is -4.50. The molecule has 0 radical (unpaired) electrons. The predicted molar refractivity (Wildman–Crippen MR) is 108 cm³/mol. The quantitative estimate of drug-likeness (QED) is 0.153. The number of carboxylic acid groups (broad SMARTS) is 1. The number of aliphatic carboxylic acids is 1. The smallest absolute Gasteiger partial charge is 0.326 e. The first-order valence-electron chi connectivity index (χ1n) is 9.45. The summed E-state index contributed by atoms with van der Waals surface area (Å²) in [4.78, 5) is 59.7. The molecule has 0 aromatic heterocycles. The van der Waals surface area contributed by atoms with Crippen molar-refractivity contribution in [3.05, 3.63) is 0 Å². The average Bonchev–Trinajstić information content (AvgIpc) is 3.22. The molecule has 8 N–H and O–H groups in total. The molecule has 30 heavy (non-hydrogen) atoms. The molecule has 0 bridgehead atoms. The van der Waals surface area contributed by atoms with E-state index in [0.29, 0.717) is 18.7 Å². The lowest BCUT2D eigenvalue weighted by Gasteiger charge is -2.23. The fourth-order valence-electron chi connectivity index (χ4n) is 2.82. The van der Waals surface area contributed by atoms with Crippen molar-refractivity contribution in [2.24, 2.45) is 5.73 Å².